The van der Waals surface area contributed by atoms with Crippen LogP contribution >= 0.6 is 0 Å². The quantitative estimate of drug-likeness (QED) is 0.738. The van der Waals surface area contributed by atoms with E-state index in [1.54, 1.807) is 25.3 Å². The van der Waals surface area contributed by atoms with E-state index in [4.69, 9.17) is 4.74 Å². The first-order valence-corrected chi connectivity index (χ1v) is 9.28. The summed E-state index contributed by atoms with van der Waals surface area (Å²) in [6.07, 6.45) is 0.253. The molecule has 0 N–H and O–H groups in total. The summed E-state index contributed by atoms with van der Waals surface area (Å²) in [5.74, 6) is 0.713. The van der Waals surface area contributed by atoms with Gasteiger partial charge in [0.05, 0.1) is 13.5 Å². The van der Waals surface area contributed by atoms with Gasteiger partial charge in [0.2, 0.25) is 5.91 Å². The summed E-state index contributed by atoms with van der Waals surface area (Å²) in [5.41, 5.74) is 2.66. The van der Waals surface area contributed by atoms with Gasteiger partial charge in [0.15, 0.2) is 5.78 Å². The number of Topliss-reactive ketones (excluding diaryl/α,β-unsaturated/α-hetero) is 1. The van der Waals surface area contributed by atoms with E-state index < -0.39 is 0 Å². The monoisotopic (exact) mass is 366 g/mol. The van der Waals surface area contributed by atoms with Gasteiger partial charge in [-0.25, -0.2) is 0 Å². The van der Waals surface area contributed by atoms with Gasteiger partial charge < -0.3 is 9.64 Å². The minimum atomic E-state index is -0.0131. The number of carbonyl (C=O) groups excluding carboxylic acids is 2. The van der Waals surface area contributed by atoms with E-state index in [2.05, 4.69) is 29.2 Å². The Bertz CT molecular complexity index is 796. The van der Waals surface area contributed by atoms with Crippen molar-refractivity contribution in [3.63, 3.8) is 0 Å². The predicted molar refractivity (Wildman–Crippen MR) is 105 cm³/mol. The van der Waals surface area contributed by atoms with Crippen molar-refractivity contribution in [3.05, 3.63) is 65.2 Å². The Morgan fingerprint density at radius 3 is 2.33 bits per heavy atom. The zero-order chi connectivity index (χ0) is 19.2. The molecule has 0 bridgehead atoms. The molecule has 0 spiro atoms. The largest absolute Gasteiger partial charge is 0.496 e. The van der Waals surface area contributed by atoms with Crippen molar-refractivity contribution in [1.29, 1.82) is 0 Å². The average Bonchev–Trinajstić information content (AvgIpc) is 2.69. The maximum atomic E-state index is 12.7. The van der Waals surface area contributed by atoms with E-state index in [1.165, 1.54) is 12.5 Å². The number of carbonyl (C=O) groups is 2. The molecule has 1 aliphatic rings. The number of amides is 1. The molecule has 27 heavy (non-hydrogen) atoms. The van der Waals surface area contributed by atoms with Gasteiger partial charge in [-0.1, -0.05) is 30.3 Å². The Morgan fingerprint density at radius 1 is 1.00 bits per heavy atom. The number of nitrogens with zero attached hydrogens (tertiary/aromatic N) is 2. The molecule has 2 aromatic rings. The fraction of sp³-hybridized carbons (Fsp3) is 0.364. The molecule has 1 fully saturated rings. The number of ketones is 1. The molecule has 1 aliphatic heterocycles. The average molecular weight is 366 g/mol. The first-order valence-electron chi connectivity index (χ1n) is 9.28. The summed E-state index contributed by atoms with van der Waals surface area (Å²) >= 11 is 0. The van der Waals surface area contributed by atoms with Crippen LogP contribution in [0.5, 0.6) is 5.75 Å². The van der Waals surface area contributed by atoms with Crippen LogP contribution in [0.25, 0.3) is 0 Å². The van der Waals surface area contributed by atoms with E-state index in [1.807, 2.05) is 11.0 Å². The van der Waals surface area contributed by atoms with Crippen LogP contribution in [0.4, 0.5) is 0 Å². The van der Waals surface area contributed by atoms with Crippen LogP contribution in [-0.4, -0.2) is 54.8 Å². The number of piperazine rings is 1. The third-order valence-corrected chi connectivity index (χ3v) is 5.00. The molecule has 1 heterocycles. The minimum absolute atomic E-state index is 0.0131. The van der Waals surface area contributed by atoms with E-state index in [0.717, 1.165) is 38.3 Å². The zero-order valence-electron chi connectivity index (χ0n) is 16.0. The zero-order valence-corrected chi connectivity index (χ0v) is 16.0. The summed E-state index contributed by atoms with van der Waals surface area (Å²) in [5, 5.41) is 0. The van der Waals surface area contributed by atoms with E-state index in [9.17, 15) is 9.59 Å². The van der Waals surface area contributed by atoms with Crippen molar-refractivity contribution in [2.45, 2.75) is 19.9 Å². The van der Waals surface area contributed by atoms with Gasteiger partial charge in [-0.3, -0.25) is 14.5 Å². The first kappa shape index (κ1) is 19.1. The van der Waals surface area contributed by atoms with Crippen LogP contribution in [0.15, 0.2) is 48.5 Å². The lowest BCUT2D eigenvalue weighted by atomic mass is 10.0. The summed E-state index contributed by atoms with van der Waals surface area (Å²) in [7, 11) is 1.58. The van der Waals surface area contributed by atoms with E-state index in [-0.39, 0.29) is 18.1 Å². The van der Waals surface area contributed by atoms with Crippen molar-refractivity contribution in [3.8, 4) is 5.75 Å². The highest BCUT2D eigenvalue weighted by Crippen LogP contribution is 2.22. The maximum absolute atomic E-state index is 12.7. The Balaban J connectivity index is 1.58. The summed E-state index contributed by atoms with van der Waals surface area (Å²) in [6.45, 7) is 5.62. The molecular formula is C22H26N2O3. The van der Waals surface area contributed by atoms with Crippen LogP contribution in [0.2, 0.25) is 0 Å². The van der Waals surface area contributed by atoms with Gasteiger partial charge in [0.25, 0.3) is 0 Å². The lowest BCUT2D eigenvalue weighted by Crippen LogP contribution is -2.48. The van der Waals surface area contributed by atoms with Crippen molar-refractivity contribution in [2.24, 2.45) is 0 Å². The van der Waals surface area contributed by atoms with Crippen LogP contribution in [0, 0.1) is 0 Å². The molecule has 3 rings (SSSR count). The number of ether oxygens (including phenoxy) is 1. The molecule has 5 heteroatoms. The highest BCUT2D eigenvalue weighted by atomic mass is 16.5. The Labute approximate surface area is 160 Å². The third-order valence-electron chi connectivity index (χ3n) is 5.00. The first-order chi connectivity index (χ1) is 13.1. The molecule has 0 atom stereocenters. The van der Waals surface area contributed by atoms with E-state index in [0.29, 0.717) is 11.3 Å². The molecule has 5 nitrogen and oxygen atoms in total. The second-order valence-electron chi connectivity index (χ2n) is 6.90. The number of benzene rings is 2. The smallest absolute Gasteiger partial charge is 0.227 e. The van der Waals surface area contributed by atoms with Gasteiger partial charge in [-0.15, -0.1) is 0 Å². The molecule has 1 amide bonds. The number of rotatable bonds is 6. The number of methoxy groups -OCH3 is 1. The Kier molecular flexibility index (Phi) is 6.24. The Hall–Kier alpha value is -2.66. The van der Waals surface area contributed by atoms with Gasteiger partial charge in [-0.05, 0) is 30.7 Å². The highest BCUT2D eigenvalue weighted by molar-refractivity contribution is 5.94. The number of hydrogen-bond donors (Lipinski definition) is 0. The van der Waals surface area contributed by atoms with Gasteiger partial charge in [-0.2, -0.15) is 0 Å². The maximum Gasteiger partial charge on any atom is 0.227 e. The standard InChI is InChI=1S/C22H26N2O3/c1-17(25)19-8-9-21(27-2)20(14-19)15-22(26)24-12-10-23(11-13-24)16-18-6-4-3-5-7-18/h3-9,14H,10-13,15-16H2,1-2H3. The minimum Gasteiger partial charge on any atom is -0.496 e. The Morgan fingerprint density at radius 2 is 1.70 bits per heavy atom. The fourth-order valence-electron chi connectivity index (χ4n) is 3.41. The molecule has 0 aliphatic carbocycles. The van der Waals surface area contributed by atoms with Gasteiger partial charge in [0, 0.05) is 43.9 Å². The third kappa shape index (κ3) is 4.95. The fourth-order valence-corrected chi connectivity index (χ4v) is 3.41. The summed E-state index contributed by atoms with van der Waals surface area (Å²) < 4.78 is 5.36. The van der Waals surface area contributed by atoms with Crippen molar-refractivity contribution < 1.29 is 14.3 Å². The van der Waals surface area contributed by atoms with E-state index >= 15 is 0 Å². The molecule has 2 aromatic carbocycles. The van der Waals surface area contributed by atoms with Gasteiger partial charge >= 0.3 is 0 Å². The highest BCUT2D eigenvalue weighted by Gasteiger charge is 2.22. The normalized spacial score (nSPS) is 14.8. The van der Waals surface area contributed by atoms with Crippen LogP contribution < -0.4 is 4.74 Å². The number of hydrogen-bond acceptors (Lipinski definition) is 4. The second-order valence-corrected chi connectivity index (χ2v) is 6.90. The predicted octanol–water partition coefficient (Wildman–Crippen LogP) is 2.78. The molecule has 0 aromatic heterocycles. The van der Waals surface area contributed by atoms with Crippen LogP contribution in [0.3, 0.4) is 0 Å². The summed E-state index contributed by atoms with van der Waals surface area (Å²) in [6, 6.07) is 15.7. The molecule has 0 unspecified atom stereocenters. The second kappa shape index (κ2) is 8.82. The lowest BCUT2D eigenvalue weighted by molar-refractivity contribution is -0.132. The molecule has 0 saturated carbocycles. The van der Waals surface area contributed by atoms with Gasteiger partial charge in [0.1, 0.15) is 5.75 Å². The van der Waals surface area contributed by atoms with Crippen molar-refractivity contribution in [1.82, 2.24) is 9.80 Å². The molecule has 142 valence electrons. The van der Waals surface area contributed by atoms with Crippen molar-refractivity contribution >= 4 is 11.7 Å². The van der Waals surface area contributed by atoms with Crippen LogP contribution in [-0.2, 0) is 17.8 Å². The van der Waals surface area contributed by atoms with Crippen LogP contribution in [0.1, 0.15) is 28.4 Å². The molecular weight excluding hydrogens is 340 g/mol. The lowest BCUT2D eigenvalue weighted by Gasteiger charge is -2.35. The molecule has 1 saturated heterocycles. The summed E-state index contributed by atoms with van der Waals surface area (Å²) in [4.78, 5) is 28.7. The topological polar surface area (TPSA) is 49.9 Å². The molecule has 0 radical (unpaired) electrons. The SMILES string of the molecule is COc1ccc(C(C)=O)cc1CC(=O)N1CCN(Cc2ccccc2)CC1. The van der Waals surface area contributed by atoms with Crippen molar-refractivity contribution in [2.75, 3.05) is 33.3 Å².